The number of aromatic amines is 1. The number of fused-ring (bicyclic) bond motifs is 1. The molecule has 0 aliphatic rings. The minimum absolute atomic E-state index is 0.0388. The van der Waals surface area contributed by atoms with Gasteiger partial charge in [-0.15, -0.1) is 10.2 Å². The summed E-state index contributed by atoms with van der Waals surface area (Å²) >= 11 is 0. The van der Waals surface area contributed by atoms with E-state index >= 15 is 0 Å². The minimum Gasteiger partial charge on any atom is -0.339 e. The summed E-state index contributed by atoms with van der Waals surface area (Å²) in [7, 11) is 0. The molecule has 6 nitrogen and oxygen atoms in total. The number of pyridine rings is 1. The van der Waals surface area contributed by atoms with Crippen LogP contribution in [0.1, 0.15) is 17.0 Å². The van der Waals surface area contributed by atoms with Crippen molar-refractivity contribution in [1.82, 2.24) is 25.2 Å². The fourth-order valence-electron chi connectivity index (χ4n) is 2.35. The Bertz CT molecular complexity index is 789. The first-order valence-electron chi connectivity index (χ1n) is 5.98. The molecular weight excluding hydrogens is 242 g/mol. The average molecular weight is 255 g/mol. The molecule has 0 amide bonds. The van der Waals surface area contributed by atoms with Crippen molar-refractivity contribution < 1.29 is 0 Å². The smallest absolute Gasteiger partial charge is 0.194 e. The van der Waals surface area contributed by atoms with Gasteiger partial charge in [0.2, 0.25) is 0 Å². The zero-order valence-electron chi connectivity index (χ0n) is 10.7. The molecule has 3 rings (SSSR count). The molecule has 0 unspecified atom stereocenters. The lowest BCUT2D eigenvalue weighted by atomic mass is 10.1. The normalized spacial score (nSPS) is 11.1. The van der Waals surface area contributed by atoms with Gasteiger partial charge in [-0.3, -0.25) is 4.79 Å². The molecular formula is C13H13N5O. The lowest BCUT2D eigenvalue weighted by Crippen LogP contribution is -2.11. The highest BCUT2D eigenvalue weighted by Gasteiger charge is 2.08. The Morgan fingerprint density at radius 1 is 1.32 bits per heavy atom. The fourth-order valence-corrected chi connectivity index (χ4v) is 2.35. The Labute approximate surface area is 109 Å². The van der Waals surface area contributed by atoms with Gasteiger partial charge in [-0.05, 0) is 31.0 Å². The number of H-pyrrole nitrogens is 1. The second kappa shape index (κ2) is 4.31. The summed E-state index contributed by atoms with van der Waals surface area (Å²) in [6.07, 6.45) is 1.76. The second-order valence-corrected chi connectivity index (χ2v) is 4.61. The molecule has 0 atom stereocenters. The number of aryl methyl sites for hydroxylation is 2. The van der Waals surface area contributed by atoms with Gasteiger partial charge in [-0.2, -0.15) is 5.21 Å². The second-order valence-electron chi connectivity index (χ2n) is 4.61. The van der Waals surface area contributed by atoms with Crippen LogP contribution in [0.15, 0.2) is 29.2 Å². The molecule has 2 aromatic heterocycles. The van der Waals surface area contributed by atoms with Gasteiger partial charge in [0, 0.05) is 17.6 Å². The van der Waals surface area contributed by atoms with Gasteiger partial charge < -0.3 is 4.57 Å². The maximum atomic E-state index is 12.0. The molecule has 0 radical (unpaired) electrons. The van der Waals surface area contributed by atoms with Gasteiger partial charge in [0.05, 0.1) is 12.1 Å². The van der Waals surface area contributed by atoms with Crippen molar-refractivity contribution in [2.75, 3.05) is 0 Å². The number of benzene rings is 1. The maximum absolute atomic E-state index is 12.0. The summed E-state index contributed by atoms with van der Waals surface area (Å²) in [4.78, 5) is 12.0. The van der Waals surface area contributed by atoms with Crippen LogP contribution in [0.25, 0.3) is 10.9 Å². The summed E-state index contributed by atoms with van der Waals surface area (Å²) in [5, 5.41) is 14.6. The average Bonchev–Trinajstić information content (AvgIpc) is 2.85. The van der Waals surface area contributed by atoms with Gasteiger partial charge in [-0.1, -0.05) is 11.3 Å². The van der Waals surface area contributed by atoms with Crippen molar-refractivity contribution in [2.24, 2.45) is 0 Å². The Morgan fingerprint density at radius 2 is 2.16 bits per heavy atom. The molecule has 6 heteroatoms. The van der Waals surface area contributed by atoms with Crippen LogP contribution in [-0.2, 0) is 6.54 Å². The van der Waals surface area contributed by atoms with E-state index in [0.29, 0.717) is 12.4 Å². The number of nitrogens with one attached hydrogen (secondary N) is 1. The van der Waals surface area contributed by atoms with Crippen molar-refractivity contribution in [1.29, 1.82) is 0 Å². The van der Waals surface area contributed by atoms with E-state index in [9.17, 15) is 4.79 Å². The van der Waals surface area contributed by atoms with E-state index in [1.807, 2.05) is 30.5 Å². The number of tetrazole rings is 1. The molecule has 0 aliphatic heterocycles. The number of rotatable bonds is 2. The van der Waals surface area contributed by atoms with Crippen molar-refractivity contribution in [3.8, 4) is 0 Å². The summed E-state index contributed by atoms with van der Waals surface area (Å²) in [5.74, 6) is 0.587. The van der Waals surface area contributed by atoms with E-state index in [1.165, 1.54) is 0 Å². The van der Waals surface area contributed by atoms with E-state index in [2.05, 4.69) is 20.6 Å². The third kappa shape index (κ3) is 2.01. The van der Waals surface area contributed by atoms with Crippen molar-refractivity contribution in [3.05, 3.63) is 51.6 Å². The number of nitrogens with zero attached hydrogens (tertiary/aromatic N) is 4. The summed E-state index contributed by atoms with van der Waals surface area (Å²) in [6.45, 7) is 4.45. The summed E-state index contributed by atoms with van der Waals surface area (Å²) < 4.78 is 1.96. The Balaban J connectivity index is 2.25. The molecule has 0 aliphatic carbocycles. The molecule has 19 heavy (non-hydrogen) atoms. The summed E-state index contributed by atoms with van der Waals surface area (Å²) in [5.41, 5.74) is 3.05. The molecule has 0 saturated heterocycles. The van der Waals surface area contributed by atoms with Crippen LogP contribution in [0.3, 0.4) is 0 Å². The van der Waals surface area contributed by atoms with Gasteiger partial charge in [-0.25, -0.2) is 0 Å². The minimum atomic E-state index is 0.0388. The van der Waals surface area contributed by atoms with E-state index in [0.717, 1.165) is 22.0 Å². The van der Waals surface area contributed by atoms with E-state index < -0.39 is 0 Å². The van der Waals surface area contributed by atoms with Gasteiger partial charge in [0.15, 0.2) is 11.3 Å². The highest BCUT2D eigenvalue weighted by molar-refractivity contribution is 5.83. The van der Waals surface area contributed by atoms with Crippen LogP contribution in [0.5, 0.6) is 0 Å². The zero-order chi connectivity index (χ0) is 13.4. The first-order valence-corrected chi connectivity index (χ1v) is 5.98. The molecule has 0 saturated carbocycles. The summed E-state index contributed by atoms with van der Waals surface area (Å²) in [6, 6.07) is 5.59. The third-order valence-electron chi connectivity index (χ3n) is 3.12. The molecule has 1 N–H and O–H groups in total. The van der Waals surface area contributed by atoms with Crippen LogP contribution in [-0.4, -0.2) is 25.2 Å². The molecule has 0 fully saturated rings. The van der Waals surface area contributed by atoms with Gasteiger partial charge in [0.25, 0.3) is 0 Å². The Kier molecular flexibility index (Phi) is 2.63. The number of hydrogen-bond donors (Lipinski definition) is 1. The molecule has 1 aromatic carbocycles. The van der Waals surface area contributed by atoms with E-state index in [1.54, 1.807) is 12.3 Å². The quantitative estimate of drug-likeness (QED) is 0.746. The largest absolute Gasteiger partial charge is 0.339 e. The SMILES string of the molecule is Cc1cc(C)c2c(=O)ccn(Cc3nn[nH]n3)c2c1. The standard InChI is InChI=1S/C13H13N5O/c1-8-5-9(2)13-10(6-8)18(4-3-11(13)19)7-12-14-16-17-15-12/h3-6H,7H2,1-2H3,(H,14,15,16,17). The molecule has 3 aromatic rings. The molecule has 96 valence electrons. The predicted molar refractivity (Wildman–Crippen MR) is 71.0 cm³/mol. The van der Waals surface area contributed by atoms with Gasteiger partial charge in [0.1, 0.15) is 0 Å². The Hall–Kier alpha value is -2.50. The van der Waals surface area contributed by atoms with Crippen LogP contribution < -0.4 is 5.43 Å². The van der Waals surface area contributed by atoms with Crippen molar-refractivity contribution in [2.45, 2.75) is 20.4 Å². The van der Waals surface area contributed by atoms with Crippen molar-refractivity contribution >= 4 is 10.9 Å². The molecule has 0 spiro atoms. The zero-order valence-corrected chi connectivity index (χ0v) is 10.7. The maximum Gasteiger partial charge on any atom is 0.194 e. The highest BCUT2D eigenvalue weighted by atomic mass is 16.1. The first kappa shape index (κ1) is 11.6. The molecule has 0 bridgehead atoms. The van der Waals surface area contributed by atoms with E-state index in [-0.39, 0.29) is 5.43 Å². The molecule has 2 heterocycles. The van der Waals surface area contributed by atoms with E-state index in [4.69, 9.17) is 0 Å². The topological polar surface area (TPSA) is 76.5 Å². The van der Waals surface area contributed by atoms with Crippen LogP contribution in [0, 0.1) is 13.8 Å². The first-order chi connectivity index (χ1) is 9.15. The fraction of sp³-hybridized carbons (Fsp3) is 0.231. The lowest BCUT2D eigenvalue weighted by Gasteiger charge is -2.11. The van der Waals surface area contributed by atoms with Crippen molar-refractivity contribution in [3.63, 3.8) is 0 Å². The van der Waals surface area contributed by atoms with Crippen LogP contribution in [0.4, 0.5) is 0 Å². The van der Waals surface area contributed by atoms with Gasteiger partial charge >= 0.3 is 0 Å². The number of aromatic nitrogens is 5. The monoisotopic (exact) mass is 255 g/mol. The highest BCUT2D eigenvalue weighted by Crippen LogP contribution is 2.17. The number of hydrogen-bond acceptors (Lipinski definition) is 4. The lowest BCUT2D eigenvalue weighted by molar-refractivity contribution is 0.766. The third-order valence-corrected chi connectivity index (χ3v) is 3.12. The van der Waals surface area contributed by atoms with Crippen LogP contribution in [0.2, 0.25) is 0 Å². The Morgan fingerprint density at radius 3 is 2.89 bits per heavy atom. The van der Waals surface area contributed by atoms with Crippen LogP contribution >= 0.6 is 0 Å². The predicted octanol–water partition coefficient (Wildman–Crippen LogP) is 1.18.